The zero-order valence-electron chi connectivity index (χ0n) is 9.00. The second-order valence-electron chi connectivity index (χ2n) is 3.86. The van der Waals surface area contributed by atoms with Crippen LogP contribution in [0.25, 0.3) is 10.9 Å². The van der Waals surface area contributed by atoms with E-state index < -0.39 is 6.10 Å². The third-order valence-electron chi connectivity index (χ3n) is 2.74. The lowest BCUT2D eigenvalue weighted by Gasteiger charge is -2.10. The number of hydrogen-bond donors (Lipinski definition) is 3. The van der Waals surface area contributed by atoms with Gasteiger partial charge in [0.1, 0.15) is 0 Å². The van der Waals surface area contributed by atoms with Crippen molar-refractivity contribution in [2.75, 3.05) is 6.61 Å². The number of aliphatic hydroxyl groups is 2. The van der Waals surface area contributed by atoms with Gasteiger partial charge >= 0.3 is 0 Å². The first kappa shape index (κ1) is 11.1. The average Bonchev–Trinajstić information content (AvgIpc) is 2.72. The van der Waals surface area contributed by atoms with Gasteiger partial charge in [0, 0.05) is 23.6 Å². The quantitative estimate of drug-likeness (QED) is 0.700. The molecule has 86 valence electrons. The molecule has 0 bridgehead atoms. The van der Waals surface area contributed by atoms with Crippen molar-refractivity contribution in [3.63, 3.8) is 0 Å². The average molecular weight is 220 g/mol. The molecule has 4 heteroatoms. The van der Waals surface area contributed by atoms with E-state index in [1.54, 1.807) is 0 Å². The van der Waals surface area contributed by atoms with Gasteiger partial charge in [0.2, 0.25) is 0 Å². The highest BCUT2D eigenvalue weighted by Gasteiger charge is 2.07. The predicted molar refractivity (Wildman–Crippen MR) is 62.9 cm³/mol. The summed E-state index contributed by atoms with van der Waals surface area (Å²) in [4.78, 5) is 0. The van der Waals surface area contributed by atoms with Crippen LogP contribution in [0.2, 0.25) is 0 Å². The topological polar surface area (TPSA) is 71.4 Å². The summed E-state index contributed by atoms with van der Waals surface area (Å²) in [5.41, 5.74) is 7.78. The van der Waals surface area contributed by atoms with Gasteiger partial charge in [-0.25, -0.2) is 0 Å². The minimum atomic E-state index is -0.725. The van der Waals surface area contributed by atoms with E-state index in [0.29, 0.717) is 13.1 Å². The maximum atomic E-state index is 9.42. The molecule has 4 nitrogen and oxygen atoms in total. The Kier molecular flexibility index (Phi) is 3.24. The van der Waals surface area contributed by atoms with E-state index >= 15 is 0 Å². The molecule has 0 saturated heterocycles. The second kappa shape index (κ2) is 4.65. The molecule has 1 unspecified atom stereocenters. The summed E-state index contributed by atoms with van der Waals surface area (Å²) < 4.78 is 1.93. The number of nitrogens with zero attached hydrogens (tertiary/aromatic N) is 1. The van der Waals surface area contributed by atoms with Crippen molar-refractivity contribution in [1.82, 2.24) is 4.57 Å². The standard InChI is InChI=1S/C12H16N2O2/c13-6-9-2-1-3-12-11(9)4-5-14(12)7-10(16)8-15/h1-5,10,15-16H,6-8,13H2. The SMILES string of the molecule is NCc1cccc2c1ccn2CC(O)CO. The summed E-state index contributed by atoms with van der Waals surface area (Å²) in [7, 11) is 0. The Morgan fingerprint density at radius 2 is 2.12 bits per heavy atom. The lowest BCUT2D eigenvalue weighted by molar-refractivity contribution is 0.0822. The monoisotopic (exact) mass is 220 g/mol. The van der Waals surface area contributed by atoms with E-state index in [1.165, 1.54) is 0 Å². The molecule has 0 radical (unpaired) electrons. The highest BCUT2D eigenvalue weighted by molar-refractivity contribution is 5.83. The largest absolute Gasteiger partial charge is 0.394 e. The smallest absolute Gasteiger partial charge is 0.0949 e. The van der Waals surface area contributed by atoms with E-state index in [-0.39, 0.29) is 6.61 Å². The van der Waals surface area contributed by atoms with Crippen molar-refractivity contribution in [3.8, 4) is 0 Å². The van der Waals surface area contributed by atoms with Crippen LogP contribution in [-0.4, -0.2) is 27.5 Å². The number of benzene rings is 1. The minimum Gasteiger partial charge on any atom is -0.394 e. The maximum Gasteiger partial charge on any atom is 0.0949 e. The van der Waals surface area contributed by atoms with Crippen molar-refractivity contribution in [2.45, 2.75) is 19.2 Å². The fourth-order valence-corrected chi connectivity index (χ4v) is 1.91. The highest BCUT2D eigenvalue weighted by atomic mass is 16.3. The molecular weight excluding hydrogens is 204 g/mol. The molecule has 2 rings (SSSR count). The van der Waals surface area contributed by atoms with Crippen LogP contribution in [0, 0.1) is 0 Å². The predicted octanol–water partition coefficient (Wildman–Crippen LogP) is 0.453. The van der Waals surface area contributed by atoms with Crippen LogP contribution < -0.4 is 5.73 Å². The lowest BCUT2D eigenvalue weighted by Crippen LogP contribution is -2.19. The first-order valence-corrected chi connectivity index (χ1v) is 5.32. The van der Waals surface area contributed by atoms with Crippen LogP contribution in [0.3, 0.4) is 0 Å². The summed E-state index contributed by atoms with van der Waals surface area (Å²) >= 11 is 0. The van der Waals surface area contributed by atoms with Crippen LogP contribution in [0.5, 0.6) is 0 Å². The molecule has 0 aliphatic heterocycles. The summed E-state index contributed by atoms with van der Waals surface area (Å²) in [5, 5.41) is 19.3. The van der Waals surface area contributed by atoms with E-state index in [4.69, 9.17) is 10.8 Å². The number of fused-ring (bicyclic) bond motifs is 1. The summed E-state index contributed by atoms with van der Waals surface area (Å²) in [5.74, 6) is 0. The molecule has 0 aliphatic rings. The fourth-order valence-electron chi connectivity index (χ4n) is 1.91. The number of hydrogen-bond acceptors (Lipinski definition) is 3. The van der Waals surface area contributed by atoms with Crippen molar-refractivity contribution < 1.29 is 10.2 Å². The molecule has 1 heterocycles. The Bertz CT molecular complexity index is 479. The maximum absolute atomic E-state index is 9.42. The molecule has 0 saturated carbocycles. The Morgan fingerprint density at radius 3 is 2.81 bits per heavy atom. The Hall–Kier alpha value is -1.36. The van der Waals surface area contributed by atoms with Gasteiger partial charge in [-0.1, -0.05) is 12.1 Å². The number of rotatable bonds is 4. The van der Waals surface area contributed by atoms with E-state index in [2.05, 4.69) is 0 Å². The van der Waals surface area contributed by atoms with Crippen molar-refractivity contribution in [3.05, 3.63) is 36.0 Å². The molecule has 0 fully saturated rings. The van der Waals surface area contributed by atoms with E-state index in [0.717, 1.165) is 16.5 Å². The normalized spacial score (nSPS) is 13.2. The van der Waals surface area contributed by atoms with E-state index in [1.807, 2.05) is 35.0 Å². The van der Waals surface area contributed by atoms with Crippen LogP contribution in [0.1, 0.15) is 5.56 Å². The van der Waals surface area contributed by atoms with Gasteiger partial charge in [0.25, 0.3) is 0 Å². The number of nitrogens with two attached hydrogens (primary N) is 1. The molecule has 0 spiro atoms. The van der Waals surface area contributed by atoms with Crippen LogP contribution in [0.15, 0.2) is 30.5 Å². The van der Waals surface area contributed by atoms with Gasteiger partial charge in [-0.3, -0.25) is 0 Å². The van der Waals surface area contributed by atoms with Crippen LogP contribution in [-0.2, 0) is 13.1 Å². The van der Waals surface area contributed by atoms with Gasteiger partial charge in [-0.15, -0.1) is 0 Å². The lowest BCUT2D eigenvalue weighted by atomic mass is 10.1. The molecular formula is C12H16N2O2. The summed E-state index contributed by atoms with van der Waals surface area (Å²) in [6, 6.07) is 7.92. The number of aliphatic hydroxyl groups excluding tert-OH is 2. The molecule has 1 aromatic heterocycles. The van der Waals surface area contributed by atoms with Crippen LogP contribution >= 0.6 is 0 Å². The molecule has 16 heavy (non-hydrogen) atoms. The zero-order valence-corrected chi connectivity index (χ0v) is 9.00. The molecule has 1 aromatic carbocycles. The van der Waals surface area contributed by atoms with Crippen molar-refractivity contribution >= 4 is 10.9 Å². The van der Waals surface area contributed by atoms with Gasteiger partial charge in [0.05, 0.1) is 19.3 Å². The molecule has 4 N–H and O–H groups in total. The molecule has 0 amide bonds. The molecule has 2 aromatic rings. The second-order valence-corrected chi connectivity index (χ2v) is 3.86. The first-order chi connectivity index (χ1) is 7.76. The van der Waals surface area contributed by atoms with Gasteiger partial charge in [0.15, 0.2) is 0 Å². The van der Waals surface area contributed by atoms with Crippen LogP contribution in [0.4, 0.5) is 0 Å². The fraction of sp³-hybridized carbons (Fsp3) is 0.333. The van der Waals surface area contributed by atoms with E-state index in [9.17, 15) is 5.11 Å². The third-order valence-corrected chi connectivity index (χ3v) is 2.74. The van der Waals surface area contributed by atoms with Crippen molar-refractivity contribution in [2.24, 2.45) is 5.73 Å². The summed E-state index contributed by atoms with van der Waals surface area (Å²) in [6.07, 6.45) is 1.18. The van der Waals surface area contributed by atoms with Crippen molar-refractivity contribution in [1.29, 1.82) is 0 Å². The zero-order chi connectivity index (χ0) is 11.5. The number of aromatic nitrogens is 1. The van der Waals surface area contributed by atoms with Gasteiger partial charge in [-0.05, 0) is 17.7 Å². The first-order valence-electron chi connectivity index (χ1n) is 5.32. The van der Waals surface area contributed by atoms with Gasteiger partial charge in [-0.2, -0.15) is 0 Å². The third kappa shape index (κ3) is 1.95. The Morgan fingerprint density at radius 1 is 1.31 bits per heavy atom. The van der Waals surface area contributed by atoms with Gasteiger partial charge < -0.3 is 20.5 Å². The Balaban J connectivity index is 2.41. The summed E-state index contributed by atoms with van der Waals surface area (Å²) in [6.45, 7) is 0.675. The minimum absolute atomic E-state index is 0.226. The molecule has 0 aliphatic carbocycles. The Labute approximate surface area is 93.9 Å². The molecule has 1 atom stereocenters. The highest BCUT2D eigenvalue weighted by Crippen LogP contribution is 2.20.